The molecule has 0 bridgehead atoms. The smallest absolute Gasteiger partial charge is 0.0766 e. The van der Waals surface area contributed by atoms with Gasteiger partial charge in [0.1, 0.15) is 0 Å². The first kappa shape index (κ1) is 7.11. The van der Waals surface area contributed by atoms with Crippen LogP contribution in [0.15, 0.2) is 24.3 Å². The van der Waals surface area contributed by atoms with Crippen molar-refractivity contribution in [2.45, 2.75) is 37.9 Å². The van der Waals surface area contributed by atoms with Crippen molar-refractivity contribution in [2.24, 2.45) is 0 Å². The Balaban J connectivity index is 1.80. The molecule has 60 valence electrons. The largest absolute Gasteiger partial charge is 0.367 e. The van der Waals surface area contributed by atoms with Gasteiger partial charge in [-0.1, -0.05) is 24.3 Å². The quantitative estimate of drug-likeness (QED) is 0.549. The number of allylic oxidation sites excluding steroid dienone is 2. The Morgan fingerprint density at radius 1 is 0.909 bits per heavy atom. The SMILES string of the molecule is C1=C[C@H](O[C@H]2C=CCC2)CC1. The van der Waals surface area contributed by atoms with E-state index in [1.54, 1.807) is 0 Å². The zero-order valence-corrected chi connectivity index (χ0v) is 6.70. The van der Waals surface area contributed by atoms with Crippen LogP contribution in [0, 0.1) is 0 Å². The summed E-state index contributed by atoms with van der Waals surface area (Å²) in [6, 6.07) is 0. The van der Waals surface area contributed by atoms with Gasteiger partial charge in [0.05, 0.1) is 12.2 Å². The first-order valence-corrected chi connectivity index (χ1v) is 4.44. The third-order valence-corrected chi connectivity index (χ3v) is 2.29. The molecule has 0 unspecified atom stereocenters. The Morgan fingerprint density at radius 3 is 1.82 bits per heavy atom. The average molecular weight is 150 g/mol. The van der Waals surface area contributed by atoms with Crippen molar-refractivity contribution in [3.63, 3.8) is 0 Å². The summed E-state index contributed by atoms with van der Waals surface area (Å²) in [6.45, 7) is 0. The maximum Gasteiger partial charge on any atom is 0.0766 e. The van der Waals surface area contributed by atoms with E-state index < -0.39 is 0 Å². The predicted molar refractivity (Wildman–Crippen MR) is 45.4 cm³/mol. The maximum absolute atomic E-state index is 5.80. The molecule has 0 fully saturated rings. The summed E-state index contributed by atoms with van der Waals surface area (Å²) in [5.41, 5.74) is 0. The molecule has 0 aromatic carbocycles. The van der Waals surface area contributed by atoms with Gasteiger partial charge in [0.25, 0.3) is 0 Å². The van der Waals surface area contributed by atoms with Crippen LogP contribution in [0.3, 0.4) is 0 Å². The van der Waals surface area contributed by atoms with Crippen LogP contribution in [0.4, 0.5) is 0 Å². The fraction of sp³-hybridized carbons (Fsp3) is 0.600. The maximum atomic E-state index is 5.80. The first-order valence-electron chi connectivity index (χ1n) is 4.44. The lowest BCUT2D eigenvalue weighted by Crippen LogP contribution is -2.14. The van der Waals surface area contributed by atoms with E-state index in [0.717, 1.165) is 0 Å². The molecule has 2 rings (SSSR count). The number of rotatable bonds is 2. The molecule has 0 aromatic rings. The standard InChI is InChI=1S/C10H14O/c1-2-6-9(5-1)11-10-7-3-4-8-10/h1,3,5,7,9-10H,2,4,6,8H2/t9-,10-/m0/s1. The second-order valence-corrected chi connectivity index (χ2v) is 3.22. The van der Waals surface area contributed by atoms with Gasteiger partial charge in [-0.15, -0.1) is 0 Å². The lowest BCUT2D eigenvalue weighted by Gasteiger charge is -2.14. The zero-order valence-electron chi connectivity index (χ0n) is 6.70. The van der Waals surface area contributed by atoms with Crippen molar-refractivity contribution >= 4 is 0 Å². The van der Waals surface area contributed by atoms with Crippen molar-refractivity contribution in [1.29, 1.82) is 0 Å². The number of hydrogen-bond donors (Lipinski definition) is 0. The highest BCUT2D eigenvalue weighted by Gasteiger charge is 2.16. The third kappa shape index (κ3) is 1.72. The molecule has 0 radical (unpaired) electrons. The molecule has 0 saturated heterocycles. The van der Waals surface area contributed by atoms with E-state index in [9.17, 15) is 0 Å². The topological polar surface area (TPSA) is 9.23 Å². The Bertz CT molecular complexity index is 161. The zero-order chi connectivity index (χ0) is 7.52. The monoisotopic (exact) mass is 150 g/mol. The Hall–Kier alpha value is -0.560. The predicted octanol–water partition coefficient (Wildman–Crippen LogP) is 2.44. The summed E-state index contributed by atoms with van der Waals surface area (Å²) in [5, 5.41) is 0. The van der Waals surface area contributed by atoms with Gasteiger partial charge in [0.2, 0.25) is 0 Å². The molecular weight excluding hydrogens is 136 g/mol. The highest BCUT2D eigenvalue weighted by Crippen LogP contribution is 2.20. The molecule has 2 aliphatic rings. The second kappa shape index (κ2) is 3.22. The van der Waals surface area contributed by atoms with Crippen LogP contribution in [0.1, 0.15) is 25.7 Å². The van der Waals surface area contributed by atoms with Crippen LogP contribution >= 0.6 is 0 Å². The van der Waals surface area contributed by atoms with Gasteiger partial charge in [0.15, 0.2) is 0 Å². The van der Waals surface area contributed by atoms with E-state index in [1.807, 2.05) is 0 Å². The van der Waals surface area contributed by atoms with Crippen LogP contribution in [0.25, 0.3) is 0 Å². The van der Waals surface area contributed by atoms with E-state index in [4.69, 9.17) is 4.74 Å². The number of ether oxygens (including phenoxy) is 1. The van der Waals surface area contributed by atoms with Crippen LogP contribution < -0.4 is 0 Å². The van der Waals surface area contributed by atoms with Crippen molar-refractivity contribution in [3.8, 4) is 0 Å². The van der Waals surface area contributed by atoms with Crippen LogP contribution in [-0.4, -0.2) is 12.2 Å². The average Bonchev–Trinajstić information content (AvgIpc) is 2.60. The third-order valence-electron chi connectivity index (χ3n) is 2.29. The highest BCUT2D eigenvalue weighted by atomic mass is 16.5. The molecule has 1 nitrogen and oxygen atoms in total. The van der Waals surface area contributed by atoms with Crippen molar-refractivity contribution < 1.29 is 4.74 Å². The number of hydrogen-bond acceptors (Lipinski definition) is 1. The molecule has 2 atom stereocenters. The lowest BCUT2D eigenvalue weighted by molar-refractivity contribution is 0.0419. The summed E-state index contributed by atoms with van der Waals surface area (Å²) in [6.07, 6.45) is 14.4. The minimum atomic E-state index is 0.405. The second-order valence-electron chi connectivity index (χ2n) is 3.22. The van der Waals surface area contributed by atoms with Gasteiger partial charge in [-0.2, -0.15) is 0 Å². The van der Waals surface area contributed by atoms with E-state index in [0.29, 0.717) is 12.2 Å². The molecule has 0 saturated carbocycles. The summed E-state index contributed by atoms with van der Waals surface area (Å²) >= 11 is 0. The fourth-order valence-corrected chi connectivity index (χ4v) is 1.66. The van der Waals surface area contributed by atoms with Gasteiger partial charge >= 0.3 is 0 Å². The van der Waals surface area contributed by atoms with Crippen molar-refractivity contribution in [3.05, 3.63) is 24.3 Å². The molecule has 0 amide bonds. The summed E-state index contributed by atoms with van der Waals surface area (Å²) < 4.78 is 5.80. The van der Waals surface area contributed by atoms with Gasteiger partial charge in [-0.3, -0.25) is 0 Å². The Kier molecular flexibility index (Phi) is 2.08. The first-order chi connectivity index (χ1) is 5.45. The molecular formula is C10H14O. The van der Waals surface area contributed by atoms with Crippen LogP contribution in [-0.2, 0) is 4.74 Å². The molecule has 1 heteroatoms. The van der Waals surface area contributed by atoms with Crippen LogP contribution in [0.2, 0.25) is 0 Å². The highest BCUT2D eigenvalue weighted by molar-refractivity contribution is 5.02. The van der Waals surface area contributed by atoms with E-state index in [1.165, 1.54) is 25.7 Å². The normalized spacial score (nSPS) is 35.3. The van der Waals surface area contributed by atoms with Crippen LogP contribution in [0.5, 0.6) is 0 Å². The molecule has 2 aliphatic carbocycles. The van der Waals surface area contributed by atoms with Crippen molar-refractivity contribution in [1.82, 2.24) is 0 Å². The fourth-order valence-electron chi connectivity index (χ4n) is 1.66. The van der Waals surface area contributed by atoms with Gasteiger partial charge in [-0.05, 0) is 25.7 Å². The summed E-state index contributed by atoms with van der Waals surface area (Å²) in [4.78, 5) is 0. The molecule has 0 N–H and O–H groups in total. The van der Waals surface area contributed by atoms with E-state index in [-0.39, 0.29) is 0 Å². The van der Waals surface area contributed by atoms with Gasteiger partial charge < -0.3 is 4.74 Å². The molecule has 11 heavy (non-hydrogen) atoms. The minimum absolute atomic E-state index is 0.405. The molecule has 0 aromatic heterocycles. The Labute approximate surface area is 67.7 Å². The van der Waals surface area contributed by atoms with Gasteiger partial charge in [0, 0.05) is 0 Å². The lowest BCUT2D eigenvalue weighted by atomic mass is 10.3. The van der Waals surface area contributed by atoms with E-state index in [2.05, 4.69) is 24.3 Å². The van der Waals surface area contributed by atoms with Crippen molar-refractivity contribution in [2.75, 3.05) is 0 Å². The molecule has 0 spiro atoms. The minimum Gasteiger partial charge on any atom is -0.367 e. The summed E-state index contributed by atoms with van der Waals surface area (Å²) in [5.74, 6) is 0. The Morgan fingerprint density at radius 2 is 1.45 bits per heavy atom. The van der Waals surface area contributed by atoms with Gasteiger partial charge in [-0.25, -0.2) is 0 Å². The summed E-state index contributed by atoms with van der Waals surface area (Å²) in [7, 11) is 0. The molecule has 0 aliphatic heterocycles. The molecule has 0 heterocycles. The van der Waals surface area contributed by atoms with E-state index >= 15 is 0 Å².